The summed E-state index contributed by atoms with van der Waals surface area (Å²) in [6.07, 6.45) is -3.00. The lowest BCUT2D eigenvalue weighted by Crippen LogP contribution is -2.45. The van der Waals surface area contributed by atoms with Crippen LogP contribution in [0, 0.1) is 11.8 Å². The van der Waals surface area contributed by atoms with E-state index >= 15 is 0 Å². The van der Waals surface area contributed by atoms with E-state index in [4.69, 9.17) is 56.2 Å². The maximum absolute atomic E-state index is 9.12. The molecular formula is C23H54O11. The Balaban J connectivity index is -0.000000183. The quantitative estimate of drug-likeness (QED) is 0.128. The van der Waals surface area contributed by atoms with Crippen LogP contribution in [0.5, 0.6) is 0 Å². The molecule has 11 heteroatoms. The molecule has 0 fully saturated rings. The molecule has 0 rings (SSSR count). The van der Waals surface area contributed by atoms with Gasteiger partial charge in [-0.25, -0.2) is 0 Å². The lowest BCUT2D eigenvalue weighted by atomic mass is 10.0. The van der Waals surface area contributed by atoms with E-state index in [2.05, 4.69) is 6.92 Å². The van der Waals surface area contributed by atoms with Gasteiger partial charge >= 0.3 is 0 Å². The van der Waals surface area contributed by atoms with Gasteiger partial charge in [0.05, 0.1) is 38.1 Å². The Morgan fingerprint density at radius 2 is 0.971 bits per heavy atom. The molecule has 0 aliphatic carbocycles. The fourth-order valence-corrected chi connectivity index (χ4v) is 2.03. The van der Waals surface area contributed by atoms with Crippen molar-refractivity contribution in [3.63, 3.8) is 0 Å². The minimum Gasteiger partial charge on any atom is -0.396 e. The third-order valence-electron chi connectivity index (χ3n) is 5.08. The minimum atomic E-state index is -1.51. The number of hydrogen-bond acceptors (Lipinski definition) is 11. The van der Waals surface area contributed by atoms with Gasteiger partial charge in [0, 0.05) is 19.1 Å². The first-order chi connectivity index (χ1) is 15.9. The van der Waals surface area contributed by atoms with Gasteiger partial charge in [-0.05, 0) is 25.2 Å². The Morgan fingerprint density at radius 1 is 0.500 bits per heavy atom. The number of aliphatic hydroxyl groups is 11. The maximum atomic E-state index is 9.12. The molecule has 8 unspecified atom stereocenters. The molecule has 0 radical (unpaired) electrons. The van der Waals surface area contributed by atoms with Gasteiger partial charge < -0.3 is 56.2 Å². The average Bonchev–Trinajstić information content (AvgIpc) is 2.87. The molecule has 0 aliphatic rings. The van der Waals surface area contributed by atoms with Crippen molar-refractivity contribution >= 4 is 0 Å². The first-order valence-corrected chi connectivity index (χ1v) is 12.0. The molecule has 0 aromatic carbocycles. The second kappa shape index (κ2) is 28.8. The van der Waals surface area contributed by atoms with Crippen molar-refractivity contribution in [2.24, 2.45) is 11.8 Å². The van der Waals surface area contributed by atoms with Gasteiger partial charge in [0.2, 0.25) is 0 Å². The van der Waals surface area contributed by atoms with Crippen molar-refractivity contribution in [1.82, 2.24) is 0 Å². The smallest absolute Gasteiger partial charge is 0.110 e. The van der Waals surface area contributed by atoms with Crippen molar-refractivity contribution in [1.29, 1.82) is 0 Å². The highest BCUT2D eigenvalue weighted by Crippen LogP contribution is 2.07. The summed E-state index contributed by atoms with van der Waals surface area (Å²) < 4.78 is 0. The molecular weight excluding hydrogens is 452 g/mol. The van der Waals surface area contributed by atoms with Crippen molar-refractivity contribution in [3.8, 4) is 0 Å². The first kappa shape index (κ1) is 40.7. The van der Waals surface area contributed by atoms with Crippen molar-refractivity contribution in [2.45, 2.75) is 103 Å². The van der Waals surface area contributed by atoms with Crippen LogP contribution in [0.3, 0.4) is 0 Å². The zero-order valence-corrected chi connectivity index (χ0v) is 21.6. The van der Waals surface area contributed by atoms with Crippen LogP contribution < -0.4 is 0 Å². The highest BCUT2D eigenvalue weighted by atomic mass is 16.4. The van der Waals surface area contributed by atoms with E-state index < -0.39 is 43.2 Å². The number of aliphatic hydroxyl groups excluding tert-OH is 11. The molecule has 0 saturated heterocycles. The van der Waals surface area contributed by atoms with Crippen molar-refractivity contribution < 1.29 is 56.2 Å². The monoisotopic (exact) mass is 506 g/mol. The number of rotatable bonds is 14. The molecule has 0 heterocycles. The Morgan fingerprint density at radius 3 is 1.15 bits per heavy atom. The molecule has 11 N–H and O–H groups in total. The topological polar surface area (TPSA) is 223 Å². The fraction of sp³-hybridized carbons (Fsp3) is 1.00. The Hall–Kier alpha value is -0.440. The molecule has 0 spiro atoms. The highest BCUT2D eigenvalue weighted by molar-refractivity contribution is 4.79. The van der Waals surface area contributed by atoms with Gasteiger partial charge in [0.15, 0.2) is 0 Å². The summed E-state index contributed by atoms with van der Waals surface area (Å²) in [7, 11) is 0. The summed E-state index contributed by atoms with van der Waals surface area (Å²) >= 11 is 0. The number of hydrogen-bond donors (Lipinski definition) is 11. The van der Waals surface area contributed by atoms with Gasteiger partial charge in [0.1, 0.15) is 18.3 Å². The SMILES string of the molecule is CCC(C)CO.CCC(CO)C(O)CO.CCC(O)C(O)C(O)C(O)CO.CCCC(O)CO. The summed E-state index contributed by atoms with van der Waals surface area (Å²) in [4.78, 5) is 0. The fourth-order valence-electron chi connectivity index (χ4n) is 2.03. The zero-order chi connectivity index (χ0) is 27.7. The molecule has 0 aliphatic heterocycles. The molecule has 212 valence electrons. The molecule has 0 aromatic rings. The zero-order valence-electron chi connectivity index (χ0n) is 21.6. The van der Waals surface area contributed by atoms with Crippen LogP contribution in [0.4, 0.5) is 0 Å². The molecule has 0 bridgehead atoms. The van der Waals surface area contributed by atoms with Gasteiger partial charge in [-0.2, -0.15) is 0 Å². The molecule has 34 heavy (non-hydrogen) atoms. The van der Waals surface area contributed by atoms with Crippen LogP contribution in [0.15, 0.2) is 0 Å². The van der Waals surface area contributed by atoms with E-state index in [0.717, 1.165) is 12.8 Å². The third kappa shape index (κ3) is 24.7. The molecule has 11 nitrogen and oxygen atoms in total. The predicted molar refractivity (Wildman–Crippen MR) is 130 cm³/mol. The van der Waals surface area contributed by atoms with Gasteiger partial charge in [-0.15, -0.1) is 0 Å². The van der Waals surface area contributed by atoms with Crippen LogP contribution in [0.1, 0.15) is 66.7 Å². The standard InChI is InChI=1S/C7H16O5.C6H14O3.C5H12O2.C5H12O/c1-2-4(9)6(11)7(12)5(10)3-8;1-2-5(3-7)6(9)4-8;1-2-3-5(7)4-6;1-3-5(2)4-6/h4-12H,2-3H2,1H3;5-9H,2-4H2,1H3;5-7H,2-4H2,1H3;5-6H,3-4H2,1-2H3. The van der Waals surface area contributed by atoms with E-state index in [1.807, 2.05) is 20.8 Å². The summed E-state index contributed by atoms with van der Waals surface area (Å²) in [6.45, 7) is 8.82. The summed E-state index contributed by atoms with van der Waals surface area (Å²) in [5.41, 5.74) is 0. The van der Waals surface area contributed by atoms with Crippen molar-refractivity contribution in [3.05, 3.63) is 0 Å². The van der Waals surface area contributed by atoms with Crippen LogP contribution >= 0.6 is 0 Å². The molecule has 8 atom stereocenters. The summed E-state index contributed by atoms with van der Waals surface area (Å²) in [5.74, 6) is 0.319. The molecule has 0 amide bonds. The van der Waals surface area contributed by atoms with Crippen LogP contribution in [-0.4, -0.2) is 126 Å². The maximum Gasteiger partial charge on any atom is 0.110 e. The van der Waals surface area contributed by atoms with Crippen LogP contribution in [0.2, 0.25) is 0 Å². The molecule has 0 saturated carbocycles. The molecule has 0 aromatic heterocycles. The average molecular weight is 507 g/mol. The lowest BCUT2D eigenvalue weighted by molar-refractivity contribution is -0.115. The van der Waals surface area contributed by atoms with E-state index in [1.165, 1.54) is 0 Å². The second-order valence-electron chi connectivity index (χ2n) is 8.13. The van der Waals surface area contributed by atoms with Gasteiger partial charge in [0.25, 0.3) is 0 Å². The Bertz CT molecular complexity index is 355. The minimum absolute atomic E-state index is 0.0573. The summed E-state index contributed by atoms with van der Waals surface area (Å²) in [5, 5.41) is 95.5. The predicted octanol–water partition coefficient (Wildman–Crippen LogP) is -1.65. The van der Waals surface area contributed by atoms with E-state index in [-0.39, 0.29) is 32.2 Å². The van der Waals surface area contributed by atoms with E-state index in [0.29, 0.717) is 25.4 Å². The van der Waals surface area contributed by atoms with Crippen molar-refractivity contribution in [2.75, 3.05) is 33.0 Å². The van der Waals surface area contributed by atoms with Crippen LogP contribution in [-0.2, 0) is 0 Å². The first-order valence-electron chi connectivity index (χ1n) is 12.0. The van der Waals surface area contributed by atoms with E-state index in [1.54, 1.807) is 6.92 Å². The van der Waals surface area contributed by atoms with Crippen LogP contribution in [0.25, 0.3) is 0 Å². The Kier molecular flexibility index (Phi) is 34.5. The van der Waals surface area contributed by atoms with E-state index in [9.17, 15) is 0 Å². The summed E-state index contributed by atoms with van der Waals surface area (Å²) in [6, 6.07) is 0. The second-order valence-corrected chi connectivity index (χ2v) is 8.13. The Labute approximate surface area is 205 Å². The van der Waals surface area contributed by atoms with Gasteiger partial charge in [-0.3, -0.25) is 0 Å². The largest absolute Gasteiger partial charge is 0.396 e. The third-order valence-corrected chi connectivity index (χ3v) is 5.08. The van der Waals surface area contributed by atoms with Gasteiger partial charge in [-0.1, -0.05) is 47.5 Å². The normalized spacial score (nSPS) is 17.6. The lowest BCUT2D eigenvalue weighted by Gasteiger charge is -2.24. The highest BCUT2D eigenvalue weighted by Gasteiger charge is 2.28.